The van der Waals surface area contributed by atoms with E-state index < -0.39 is 0 Å². The molecule has 0 aliphatic carbocycles. The first-order chi connectivity index (χ1) is 16.9. The molecule has 0 saturated carbocycles. The van der Waals surface area contributed by atoms with E-state index in [0.29, 0.717) is 48.6 Å². The fourth-order valence-corrected chi connectivity index (χ4v) is 3.87. The van der Waals surface area contributed by atoms with E-state index in [4.69, 9.17) is 32.2 Å². The van der Waals surface area contributed by atoms with Gasteiger partial charge < -0.3 is 37.1 Å². The molecule has 0 amide bonds. The number of aromatic nitrogens is 3. The molecule has 2 atom stereocenters. The third-order valence-corrected chi connectivity index (χ3v) is 5.57. The fraction of sp³-hybridized carbons (Fsp3) is 0.304. The van der Waals surface area contributed by atoms with Gasteiger partial charge in [-0.05, 0) is 41.1 Å². The zero-order chi connectivity index (χ0) is 24.8. The number of rotatable bonds is 9. The van der Waals surface area contributed by atoms with Crippen LogP contribution in [0.1, 0.15) is 35.4 Å². The van der Waals surface area contributed by atoms with Crippen molar-refractivity contribution in [1.29, 1.82) is 0 Å². The van der Waals surface area contributed by atoms with Crippen LogP contribution in [-0.4, -0.2) is 34.0 Å². The van der Waals surface area contributed by atoms with Crippen LogP contribution in [0.25, 0.3) is 0 Å². The molecule has 12 heteroatoms. The molecule has 4 rings (SSSR count). The van der Waals surface area contributed by atoms with E-state index in [-0.39, 0.29) is 12.1 Å². The zero-order valence-corrected chi connectivity index (χ0v) is 19.4. The molecule has 1 saturated heterocycles. The maximum absolute atomic E-state index is 6.16. The summed E-state index contributed by atoms with van der Waals surface area (Å²) >= 11 is 0. The summed E-state index contributed by atoms with van der Waals surface area (Å²) < 4.78 is 11.7. The van der Waals surface area contributed by atoms with Crippen LogP contribution in [0.2, 0.25) is 0 Å². The minimum Gasteiger partial charge on any atom is -0.489 e. The molecule has 1 aromatic carbocycles. The van der Waals surface area contributed by atoms with Crippen LogP contribution in [0.4, 0.5) is 17.3 Å². The van der Waals surface area contributed by atoms with Gasteiger partial charge >= 0.3 is 0 Å². The largest absolute Gasteiger partial charge is 0.489 e. The summed E-state index contributed by atoms with van der Waals surface area (Å²) in [4.78, 5) is 8.59. The van der Waals surface area contributed by atoms with E-state index in [1.54, 1.807) is 19.2 Å². The minimum atomic E-state index is -0.00283. The molecule has 0 radical (unpaired) electrons. The van der Waals surface area contributed by atoms with E-state index in [1.165, 1.54) is 6.20 Å². The van der Waals surface area contributed by atoms with Crippen LogP contribution in [0.3, 0.4) is 0 Å². The summed E-state index contributed by atoms with van der Waals surface area (Å²) in [6, 6.07) is 9.54. The van der Waals surface area contributed by atoms with Gasteiger partial charge in [-0.2, -0.15) is 0 Å². The lowest BCUT2D eigenvalue weighted by molar-refractivity contribution is 0.217. The van der Waals surface area contributed by atoms with Crippen molar-refractivity contribution in [2.75, 3.05) is 23.4 Å². The first kappa shape index (κ1) is 24.0. The Morgan fingerprint density at radius 1 is 1.31 bits per heavy atom. The second-order valence-corrected chi connectivity index (χ2v) is 8.24. The van der Waals surface area contributed by atoms with Gasteiger partial charge in [-0.3, -0.25) is 4.99 Å². The number of aryl methyl sites for hydroxylation is 1. The lowest BCUT2D eigenvalue weighted by Crippen LogP contribution is -2.20. The third-order valence-electron chi connectivity index (χ3n) is 5.57. The molecule has 3 aromatic rings. The number of pyridine rings is 1. The molecule has 0 spiro atoms. The van der Waals surface area contributed by atoms with Gasteiger partial charge in [-0.25, -0.2) is 10.8 Å². The van der Waals surface area contributed by atoms with Crippen LogP contribution in [0.15, 0.2) is 51.5 Å². The molecular weight excluding hydrogens is 448 g/mol. The van der Waals surface area contributed by atoms with Crippen LogP contribution in [-0.2, 0) is 13.0 Å². The highest BCUT2D eigenvalue weighted by molar-refractivity contribution is 5.80. The van der Waals surface area contributed by atoms with Crippen molar-refractivity contribution in [3.8, 4) is 5.75 Å². The molecule has 1 aliphatic heterocycles. The van der Waals surface area contributed by atoms with Crippen LogP contribution in [0, 0.1) is 6.92 Å². The highest BCUT2D eigenvalue weighted by Crippen LogP contribution is 2.27. The second kappa shape index (κ2) is 10.8. The average Bonchev–Trinajstić information content (AvgIpc) is 3.49. The zero-order valence-electron chi connectivity index (χ0n) is 19.4. The summed E-state index contributed by atoms with van der Waals surface area (Å²) in [5.41, 5.74) is 23.1. The van der Waals surface area contributed by atoms with E-state index >= 15 is 0 Å². The molecule has 1 aliphatic rings. The van der Waals surface area contributed by atoms with Crippen molar-refractivity contribution >= 4 is 23.5 Å². The number of nitrogens with zero attached hydrogens (tertiary/aromatic N) is 4. The van der Waals surface area contributed by atoms with Gasteiger partial charge in [0.2, 0.25) is 11.8 Å². The van der Waals surface area contributed by atoms with Crippen LogP contribution in [0.5, 0.6) is 5.75 Å². The minimum absolute atomic E-state index is 0.00283. The SMILES string of the molecule is Cc1nnc(C2C[C@@H](Oc3cccc(CN=CC(=CN)Cc4cc(N)nc(NN)c4N)c3)CN2)o1. The van der Waals surface area contributed by atoms with Gasteiger partial charge in [0.25, 0.3) is 0 Å². The summed E-state index contributed by atoms with van der Waals surface area (Å²) in [5, 5.41) is 11.4. The highest BCUT2D eigenvalue weighted by Gasteiger charge is 2.30. The molecule has 1 unspecified atom stereocenters. The Balaban J connectivity index is 1.34. The highest BCUT2D eigenvalue weighted by atomic mass is 16.5. The molecule has 1 fully saturated rings. The fourth-order valence-electron chi connectivity index (χ4n) is 3.87. The molecule has 0 bridgehead atoms. The summed E-state index contributed by atoms with van der Waals surface area (Å²) in [5.74, 6) is 8.01. The van der Waals surface area contributed by atoms with Crippen molar-refractivity contribution in [2.24, 2.45) is 16.6 Å². The van der Waals surface area contributed by atoms with Gasteiger partial charge in [0.1, 0.15) is 17.7 Å². The maximum atomic E-state index is 6.16. The summed E-state index contributed by atoms with van der Waals surface area (Å²) in [6.45, 7) is 2.94. The van der Waals surface area contributed by atoms with Crippen molar-refractivity contribution in [3.05, 3.63) is 65.0 Å². The molecule has 35 heavy (non-hydrogen) atoms. The number of nitrogen functional groups attached to an aromatic ring is 3. The smallest absolute Gasteiger partial charge is 0.233 e. The number of aliphatic imine (C=N–C) groups is 1. The van der Waals surface area contributed by atoms with Gasteiger partial charge in [-0.15, -0.1) is 10.2 Å². The molecule has 12 nitrogen and oxygen atoms in total. The number of ether oxygens (including phenoxy) is 1. The predicted octanol–water partition coefficient (Wildman–Crippen LogP) is 1.36. The first-order valence-corrected chi connectivity index (χ1v) is 11.2. The van der Waals surface area contributed by atoms with Crippen molar-refractivity contribution in [1.82, 2.24) is 20.5 Å². The Hall–Kier alpha value is -4.16. The second-order valence-electron chi connectivity index (χ2n) is 8.24. The van der Waals surface area contributed by atoms with Crippen LogP contribution < -0.4 is 38.5 Å². The number of nitrogens with two attached hydrogens (primary N) is 4. The number of hydrogen-bond acceptors (Lipinski definition) is 12. The lowest BCUT2D eigenvalue weighted by Gasteiger charge is -2.13. The Kier molecular flexibility index (Phi) is 7.43. The Morgan fingerprint density at radius 2 is 2.17 bits per heavy atom. The Labute approximate surface area is 202 Å². The van der Waals surface area contributed by atoms with Gasteiger partial charge in [0.05, 0.1) is 18.3 Å². The maximum Gasteiger partial charge on any atom is 0.233 e. The van der Waals surface area contributed by atoms with Gasteiger partial charge in [-0.1, -0.05) is 12.1 Å². The number of hydrazine groups is 1. The normalized spacial score (nSPS) is 18.3. The van der Waals surface area contributed by atoms with Crippen molar-refractivity contribution in [3.63, 3.8) is 0 Å². The summed E-state index contributed by atoms with van der Waals surface area (Å²) in [7, 11) is 0. The number of nitrogens with one attached hydrogen (secondary N) is 2. The van der Waals surface area contributed by atoms with E-state index in [2.05, 4.69) is 30.9 Å². The number of benzene rings is 1. The third kappa shape index (κ3) is 6.05. The standard InChI is InChI=1S/C23H30N10O2/c1-13-32-33-23(34-13)19-8-18(12-29-19)35-17-4-2-3-14(6-17)10-28-11-15(9-24)5-16-7-20(25)30-22(31-27)21(16)26/h2-4,6-7,9,11,18-19,29H,5,8,10,12,24,26-27H2,1H3,(H3,25,30,31)/t18-,19?/m1/s1. The Bertz CT molecular complexity index is 1220. The van der Waals surface area contributed by atoms with E-state index in [1.807, 2.05) is 24.3 Å². The van der Waals surface area contributed by atoms with E-state index in [9.17, 15) is 0 Å². The first-order valence-electron chi connectivity index (χ1n) is 11.2. The average molecular weight is 479 g/mol. The molecule has 10 N–H and O–H groups in total. The van der Waals surface area contributed by atoms with Crippen molar-refractivity contribution < 1.29 is 9.15 Å². The topological polar surface area (TPSA) is 202 Å². The van der Waals surface area contributed by atoms with E-state index in [0.717, 1.165) is 28.9 Å². The van der Waals surface area contributed by atoms with Crippen molar-refractivity contribution in [2.45, 2.75) is 38.5 Å². The number of anilines is 3. The molecule has 184 valence electrons. The molecule has 2 aromatic heterocycles. The summed E-state index contributed by atoms with van der Waals surface area (Å²) in [6.07, 6.45) is 4.40. The molecule has 3 heterocycles. The number of allylic oxidation sites excluding steroid dienone is 1. The predicted molar refractivity (Wildman–Crippen MR) is 134 cm³/mol. The lowest BCUT2D eigenvalue weighted by atomic mass is 10.1. The quantitative estimate of drug-likeness (QED) is 0.147. The Morgan fingerprint density at radius 3 is 2.91 bits per heavy atom. The monoisotopic (exact) mass is 478 g/mol. The van der Waals surface area contributed by atoms with Gasteiger partial charge in [0, 0.05) is 32.5 Å². The van der Waals surface area contributed by atoms with Crippen LogP contribution >= 0.6 is 0 Å². The molecular formula is C23H30N10O2. The van der Waals surface area contributed by atoms with Gasteiger partial charge in [0.15, 0.2) is 5.82 Å². The number of hydrogen-bond donors (Lipinski definition) is 6.